The summed E-state index contributed by atoms with van der Waals surface area (Å²) >= 11 is 1.31. The Morgan fingerprint density at radius 1 is 1.36 bits per heavy atom. The second kappa shape index (κ2) is 9.62. The first kappa shape index (κ1) is 23.4. The number of thiophene rings is 1. The quantitative estimate of drug-likeness (QED) is 0.537. The van der Waals surface area contributed by atoms with Crippen molar-refractivity contribution >= 4 is 33.0 Å². The van der Waals surface area contributed by atoms with Crippen molar-refractivity contribution in [3.05, 3.63) is 41.1 Å². The van der Waals surface area contributed by atoms with Gasteiger partial charge in [0.15, 0.2) is 0 Å². The van der Waals surface area contributed by atoms with E-state index in [1.807, 2.05) is 13.0 Å². The van der Waals surface area contributed by atoms with Gasteiger partial charge in [0.1, 0.15) is 5.75 Å². The average Bonchev–Trinajstić information content (AvgIpc) is 3.46. The number of carbonyl (C=O) groups is 1. The zero-order valence-electron chi connectivity index (χ0n) is 18.7. The number of piperidine rings is 1. The van der Waals surface area contributed by atoms with Gasteiger partial charge >= 0.3 is 0 Å². The van der Waals surface area contributed by atoms with Crippen molar-refractivity contribution < 1.29 is 22.5 Å². The molecule has 176 valence electrons. The molecule has 3 heterocycles. The van der Waals surface area contributed by atoms with Gasteiger partial charge in [-0.2, -0.15) is 9.29 Å². The lowest BCUT2D eigenvalue weighted by Gasteiger charge is -2.31. The van der Waals surface area contributed by atoms with Crippen molar-refractivity contribution in [2.45, 2.75) is 38.0 Å². The van der Waals surface area contributed by atoms with E-state index in [9.17, 15) is 13.2 Å². The zero-order chi connectivity index (χ0) is 23.6. The van der Waals surface area contributed by atoms with Gasteiger partial charge < -0.3 is 14.6 Å². The number of carbonyl (C=O) groups excluding carboxylic acids is 1. The summed E-state index contributed by atoms with van der Waals surface area (Å²) in [6, 6.07) is 8.74. The van der Waals surface area contributed by atoms with Crippen LogP contribution in [0.1, 0.15) is 30.5 Å². The highest BCUT2D eigenvalue weighted by Crippen LogP contribution is 2.35. The van der Waals surface area contributed by atoms with E-state index in [0.717, 1.165) is 0 Å². The molecular formula is C22H26N4O5S2. The number of anilines is 1. The fourth-order valence-electron chi connectivity index (χ4n) is 3.83. The second-order valence-corrected chi connectivity index (χ2v) is 11.0. The summed E-state index contributed by atoms with van der Waals surface area (Å²) in [5.74, 6) is 0.761. The van der Waals surface area contributed by atoms with E-state index in [0.29, 0.717) is 58.7 Å². The summed E-state index contributed by atoms with van der Waals surface area (Å²) in [4.78, 5) is 18.7. The second-order valence-electron chi connectivity index (χ2n) is 7.79. The van der Waals surface area contributed by atoms with Crippen LogP contribution in [0.25, 0.3) is 10.7 Å². The highest BCUT2D eigenvalue weighted by molar-refractivity contribution is 7.89. The van der Waals surface area contributed by atoms with Gasteiger partial charge in [-0.15, -0.1) is 11.3 Å². The van der Waals surface area contributed by atoms with Crippen LogP contribution in [0.15, 0.2) is 39.8 Å². The summed E-state index contributed by atoms with van der Waals surface area (Å²) in [5, 5.41) is 6.83. The summed E-state index contributed by atoms with van der Waals surface area (Å²) in [6.07, 6.45) is 1.82. The minimum absolute atomic E-state index is 0.121. The Morgan fingerprint density at radius 2 is 2.15 bits per heavy atom. The van der Waals surface area contributed by atoms with Crippen molar-refractivity contribution in [3.63, 3.8) is 0 Å². The molecule has 3 aromatic rings. The molecule has 0 aliphatic carbocycles. The van der Waals surface area contributed by atoms with Crippen LogP contribution < -0.4 is 10.1 Å². The van der Waals surface area contributed by atoms with Gasteiger partial charge in [-0.1, -0.05) is 24.2 Å². The van der Waals surface area contributed by atoms with Crippen LogP contribution in [0, 0.1) is 12.8 Å². The van der Waals surface area contributed by atoms with Crippen LogP contribution in [-0.4, -0.2) is 49.0 Å². The summed E-state index contributed by atoms with van der Waals surface area (Å²) in [6.45, 7) is 4.16. The number of para-hydroxylation sites is 2. The Hall–Kier alpha value is -2.76. The molecule has 1 saturated heterocycles. The van der Waals surface area contributed by atoms with E-state index in [4.69, 9.17) is 9.26 Å². The van der Waals surface area contributed by atoms with Gasteiger partial charge in [-0.05, 0) is 38.0 Å². The molecule has 1 fully saturated rings. The summed E-state index contributed by atoms with van der Waals surface area (Å²) in [7, 11) is -2.24. The number of aryl methyl sites for hydroxylation is 2. The Bertz CT molecular complexity index is 1250. The van der Waals surface area contributed by atoms with Crippen LogP contribution in [0.5, 0.6) is 5.75 Å². The Morgan fingerprint density at radius 3 is 2.88 bits per heavy atom. The minimum Gasteiger partial charge on any atom is -0.495 e. The van der Waals surface area contributed by atoms with Gasteiger partial charge in [0.25, 0.3) is 0 Å². The lowest BCUT2D eigenvalue weighted by Crippen LogP contribution is -2.43. The van der Waals surface area contributed by atoms with Gasteiger partial charge in [0.2, 0.25) is 27.6 Å². The lowest BCUT2D eigenvalue weighted by molar-refractivity contribution is -0.120. The lowest BCUT2D eigenvalue weighted by atomic mass is 9.98. The average molecular weight is 491 g/mol. The molecule has 0 spiro atoms. The molecular weight excluding hydrogens is 464 g/mol. The minimum atomic E-state index is -3.78. The number of ether oxygens (including phenoxy) is 1. The third kappa shape index (κ3) is 4.80. The van der Waals surface area contributed by atoms with Crippen LogP contribution in [0.2, 0.25) is 0 Å². The van der Waals surface area contributed by atoms with E-state index < -0.39 is 15.9 Å². The molecule has 0 unspecified atom stereocenters. The molecule has 4 rings (SSSR count). The monoisotopic (exact) mass is 490 g/mol. The topological polar surface area (TPSA) is 115 Å². The highest BCUT2D eigenvalue weighted by atomic mass is 32.2. The molecule has 33 heavy (non-hydrogen) atoms. The van der Waals surface area contributed by atoms with E-state index in [1.54, 1.807) is 31.2 Å². The molecule has 0 radical (unpaired) electrons. The predicted octanol–water partition coefficient (Wildman–Crippen LogP) is 3.72. The molecule has 0 saturated carbocycles. The summed E-state index contributed by atoms with van der Waals surface area (Å²) < 4.78 is 38.8. The Labute approximate surface area is 196 Å². The molecule has 1 N–H and O–H groups in total. The molecule has 1 aliphatic heterocycles. The molecule has 1 atom stereocenters. The number of benzene rings is 1. The van der Waals surface area contributed by atoms with E-state index >= 15 is 0 Å². The molecule has 1 aromatic carbocycles. The predicted molar refractivity (Wildman–Crippen MR) is 125 cm³/mol. The normalized spacial score (nSPS) is 17.1. The van der Waals surface area contributed by atoms with Crippen LogP contribution in [-0.2, 0) is 21.2 Å². The van der Waals surface area contributed by atoms with Crippen molar-refractivity contribution in [1.82, 2.24) is 14.4 Å². The largest absolute Gasteiger partial charge is 0.495 e. The van der Waals surface area contributed by atoms with Crippen LogP contribution >= 0.6 is 11.3 Å². The number of nitrogens with one attached hydrogen (secondary N) is 1. The van der Waals surface area contributed by atoms with Gasteiger partial charge in [-0.3, -0.25) is 4.79 Å². The standard InChI is InChI=1S/C22H26N4O5S2/c1-4-20-24-21(25-31-20)18-12-19(14(2)32-18)33(28,29)26-11-7-8-15(13-26)22(27)23-16-9-5-6-10-17(16)30-3/h5-6,9-10,12,15H,4,7-8,11,13H2,1-3H3,(H,23,27)/t15-/m1/s1. The number of hydrogen-bond acceptors (Lipinski definition) is 8. The first-order chi connectivity index (χ1) is 15.8. The van der Waals surface area contributed by atoms with Crippen LogP contribution in [0.4, 0.5) is 5.69 Å². The third-order valence-corrected chi connectivity index (χ3v) is 8.77. The fourth-order valence-corrected chi connectivity index (χ4v) is 6.84. The van der Waals surface area contributed by atoms with Crippen molar-refractivity contribution in [1.29, 1.82) is 0 Å². The zero-order valence-corrected chi connectivity index (χ0v) is 20.3. The van der Waals surface area contributed by atoms with E-state index in [2.05, 4.69) is 15.5 Å². The van der Waals surface area contributed by atoms with Gasteiger partial charge in [0, 0.05) is 24.4 Å². The molecule has 1 amide bonds. The maximum atomic E-state index is 13.5. The number of aromatic nitrogens is 2. The summed E-state index contributed by atoms with van der Waals surface area (Å²) in [5.41, 5.74) is 0.565. The van der Waals surface area contributed by atoms with Crippen molar-refractivity contribution in [2.75, 3.05) is 25.5 Å². The number of methoxy groups -OCH3 is 1. The molecule has 9 nitrogen and oxygen atoms in total. The first-order valence-electron chi connectivity index (χ1n) is 10.7. The van der Waals surface area contributed by atoms with Gasteiger partial charge in [0.05, 0.1) is 28.5 Å². The molecule has 0 bridgehead atoms. The Balaban J connectivity index is 1.52. The molecule has 2 aromatic heterocycles. The Kier molecular flexibility index (Phi) is 6.82. The number of rotatable bonds is 7. The van der Waals surface area contributed by atoms with Crippen molar-refractivity contribution in [2.24, 2.45) is 5.92 Å². The van der Waals surface area contributed by atoms with Gasteiger partial charge in [-0.25, -0.2) is 8.42 Å². The van der Waals surface area contributed by atoms with Crippen LogP contribution in [0.3, 0.4) is 0 Å². The number of amides is 1. The van der Waals surface area contributed by atoms with E-state index in [1.165, 1.54) is 22.8 Å². The number of sulfonamides is 1. The number of nitrogens with zero attached hydrogens (tertiary/aromatic N) is 3. The fraction of sp³-hybridized carbons (Fsp3) is 0.409. The molecule has 1 aliphatic rings. The maximum absolute atomic E-state index is 13.5. The highest BCUT2D eigenvalue weighted by Gasteiger charge is 2.35. The first-order valence-corrected chi connectivity index (χ1v) is 13.0. The smallest absolute Gasteiger partial charge is 0.244 e. The molecule has 11 heteroatoms. The maximum Gasteiger partial charge on any atom is 0.244 e. The SMILES string of the molecule is CCc1nc(-c2cc(S(=O)(=O)N3CCC[C@@H](C(=O)Nc4ccccc4OC)C3)c(C)s2)no1. The van der Waals surface area contributed by atoms with E-state index in [-0.39, 0.29) is 17.3 Å². The number of hydrogen-bond donors (Lipinski definition) is 1. The third-order valence-electron chi connectivity index (χ3n) is 5.60. The van der Waals surface area contributed by atoms with Crippen molar-refractivity contribution in [3.8, 4) is 16.5 Å².